The molecule has 0 bridgehead atoms. The molecule has 0 heterocycles. The second-order valence-electron chi connectivity index (χ2n) is 4.32. The average Bonchev–Trinajstić information content (AvgIpc) is 2.16. The van der Waals surface area contributed by atoms with Crippen LogP contribution in [0.3, 0.4) is 0 Å². The summed E-state index contributed by atoms with van der Waals surface area (Å²) in [6.07, 6.45) is 0. The molecule has 4 nitrogen and oxygen atoms in total. The quantitative estimate of drug-likeness (QED) is 0.460. The molecule has 0 aromatic carbocycles. The lowest BCUT2D eigenvalue weighted by Crippen LogP contribution is -2.41. The van der Waals surface area contributed by atoms with Crippen molar-refractivity contribution in [2.24, 2.45) is 11.7 Å². The number of nitrogens with one attached hydrogen (secondary N) is 1. The number of nitrogens with two attached hydrogens (primary N) is 1. The average molecular weight is 234 g/mol. The highest BCUT2D eigenvalue weighted by Crippen LogP contribution is 2.18. The van der Waals surface area contributed by atoms with E-state index in [1.54, 1.807) is 7.11 Å². The zero-order chi connectivity index (χ0) is 11.7. The maximum atomic E-state index is 5.85. The highest BCUT2D eigenvalue weighted by molar-refractivity contribution is 6.66. The van der Waals surface area contributed by atoms with Gasteiger partial charge in [-0.2, -0.15) is 0 Å². The summed E-state index contributed by atoms with van der Waals surface area (Å²) in [5.41, 5.74) is 5.37. The molecule has 0 aliphatic rings. The smallest absolute Gasteiger partial charge is 0.334 e. The summed E-state index contributed by atoms with van der Waals surface area (Å²) in [6.45, 7) is 9.59. The monoisotopic (exact) mass is 234 g/mol. The van der Waals surface area contributed by atoms with Gasteiger partial charge < -0.3 is 19.9 Å². The van der Waals surface area contributed by atoms with Crippen LogP contribution in [0.4, 0.5) is 0 Å². The lowest BCUT2D eigenvalue weighted by molar-refractivity contribution is 0.201. The highest BCUT2D eigenvalue weighted by Gasteiger charge is 2.30. The fourth-order valence-electron chi connectivity index (χ4n) is 1.51. The Bertz CT molecular complexity index is 158. The molecule has 3 N–H and O–H groups in total. The second kappa shape index (κ2) is 8.24. The molecule has 0 aliphatic heterocycles. The fraction of sp³-hybridized carbons (Fsp3) is 1.00. The van der Waals surface area contributed by atoms with Crippen LogP contribution in [-0.2, 0) is 8.85 Å². The number of hydrogen-bond acceptors (Lipinski definition) is 4. The summed E-state index contributed by atoms with van der Waals surface area (Å²) >= 11 is 0. The Labute approximate surface area is 94.8 Å². The molecular weight excluding hydrogens is 208 g/mol. The molecule has 0 amide bonds. The second-order valence-corrected chi connectivity index (χ2v) is 7.70. The Morgan fingerprint density at radius 2 is 2.00 bits per heavy atom. The number of hydrogen-bond donors (Lipinski definition) is 2. The summed E-state index contributed by atoms with van der Waals surface area (Å²) in [4.78, 5) is 0. The lowest BCUT2D eigenvalue weighted by Gasteiger charge is -2.26. The van der Waals surface area contributed by atoms with Gasteiger partial charge in [0, 0.05) is 33.4 Å². The molecule has 15 heavy (non-hydrogen) atoms. The van der Waals surface area contributed by atoms with E-state index in [9.17, 15) is 0 Å². The third-order valence-electron chi connectivity index (χ3n) is 2.22. The Morgan fingerprint density at radius 3 is 2.47 bits per heavy atom. The first-order chi connectivity index (χ1) is 7.04. The van der Waals surface area contributed by atoms with Crippen LogP contribution in [0.2, 0.25) is 12.6 Å². The Morgan fingerprint density at radius 1 is 1.33 bits per heavy atom. The molecule has 0 aliphatic carbocycles. The summed E-state index contributed by atoms with van der Waals surface area (Å²) in [7, 11) is -0.166. The van der Waals surface area contributed by atoms with E-state index in [1.807, 2.05) is 0 Å². The van der Waals surface area contributed by atoms with Crippen molar-refractivity contribution in [2.45, 2.75) is 26.4 Å². The van der Waals surface area contributed by atoms with E-state index < -0.39 is 8.56 Å². The van der Waals surface area contributed by atoms with Gasteiger partial charge in [0.25, 0.3) is 0 Å². The largest absolute Gasteiger partial charge is 0.398 e. The standard InChI is InChI=1S/C10H26N2O2Si/c1-10(2)9-15(4,13-3)14-8-7-12-6-5-11/h10,12H,5-9,11H2,1-4H3. The molecule has 1 atom stereocenters. The van der Waals surface area contributed by atoms with Crippen molar-refractivity contribution in [1.29, 1.82) is 0 Å². The minimum atomic E-state index is -1.92. The van der Waals surface area contributed by atoms with Gasteiger partial charge in [0.1, 0.15) is 0 Å². The highest BCUT2D eigenvalue weighted by atomic mass is 28.4. The van der Waals surface area contributed by atoms with Crippen molar-refractivity contribution in [2.75, 3.05) is 33.4 Å². The van der Waals surface area contributed by atoms with Gasteiger partial charge in [0.15, 0.2) is 0 Å². The van der Waals surface area contributed by atoms with Crippen molar-refractivity contribution >= 4 is 8.56 Å². The van der Waals surface area contributed by atoms with Crippen LogP contribution in [0.15, 0.2) is 0 Å². The van der Waals surface area contributed by atoms with E-state index in [-0.39, 0.29) is 0 Å². The van der Waals surface area contributed by atoms with Gasteiger partial charge in [0.05, 0.1) is 0 Å². The van der Waals surface area contributed by atoms with Gasteiger partial charge in [-0.3, -0.25) is 0 Å². The minimum Gasteiger partial charge on any atom is -0.398 e. The minimum absolute atomic E-state index is 0.624. The van der Waals surface area contributed by atoms with Crippen molar-refractivity contribution in [1.82, 2.24) is 5.32 Å². The normalized spacial score (nSPS) is 15.6. The lowest BCUT2D eigenvalue weighted by atomic mass is 10.3. The van der Waals surface area contributed by atoms with Crippen LogP contribution in [0.25, 0.3) is 0 Å². The molecule has 0 saturated heterocycles. The molecule has 0 aromatic heterocycles. The van der Waals surface area contributed by atoms with Gasteiger partial charge >= 0.3 is 8.56 Å². The van der Waals surface area contributed by atoms with Crippen molar-refractivity contribution in [3.05, 3.63) is 0 Å². The van der Waals surface area contributed by atoms with E-state index >= 15 is 0 Å². The summed E-state index contributed by atoms with van der Waals surface area (Å²) in [5, 5.41) is 3.20. The van der Waals surface area contributed by atoms with E-state index in [1.165, 1.54) is 0 Å². The Hall–Kier alpha value is 0.0569. The molecule has 92 valence electrons. The first kappa shape index (κ1) is 15.1. The van der Waals surface area contributed by atoms with Crippen LogP contribution in [0, 0.1) is 5.92 Å². The SMILES string of the molecule is CO[Si](C)(CC(C)C)OCCNCCN. The summed E-state index contributed by atoms with van der Waals surface area (Å²) in [6, 6.07) is 1.04. The van der Waals surface area contributed by atoms with Crippen molar-refractivity contribution in [3.63, 3.8) is 0 Å². The summed E-state index contributed by atoms with van der Waals surface area (Å²) < 4.78 is 11.4. The van der Waals surface area contributed by atoms with Gasteiger partial charge in [-0.15, -0.1) is 0 Å². The predicted molar refractivity (Wildman–Crippen MR) is 66.1 cm³/mol. The van der Waals surface area contributed by atoms with Gasteiger partial charge in [-0.05, 0) is 18.5 Å². The van der Waals surface area contributed by atoms with E-state index in [2.05, 4.69) is 25.7 Å². The summed E-state index contributed by atoms with van der Waals surface area (Å²) in [5.74, 6) is 0.624. The molecule has 5 heteroatoms. The molecular formula is C10H26N2O2Si. The van der Waals surface area contributed by atoms with Crippen LogP contribution in [0.1, 0.15) is 13.8 Å². The van der Waals surface area contributed by atoms with Gasteiger partial charge in [0.2, 0.25) is 0 Å². The molecule has 0 aromatic rings. The third-order valence-corrected chi connectivity index (χ3v) is 5.45. The van der Waals surface area contributed by atoms with E-state index in [4.69, 9.17) is 14.6 Å². The molecule has 0 radical (unpaired) electrons. The van der Waals surface area contributed by atoms with Gasteiger partial charge in [-0.1, -0.05) is 13.8 Å². The molecule has 0 rings (SSSR count). The molecule has 1 unspecified atom stereocenters. The molecule has 0 saturated carbocycles. The van der Waals surface area contributed by atoms with E-state index in [0.29, 0.717) is 19.1 Å². The van der Waals surface area contributed by atoms with Crippen LogP contribution < -0.4 is 11.1 Å². The van der Waals surface area contributed by atoms with Crippen LogP contribution in [0.5, 0.6) is 0 Å². The zero-order valence-corrected chi connectivity index (χ0v) is 11.5. The Balaban J connectivity index is 3.68. The fourth-order valence-corrected chi connectivity index (χ4v) is 3.93. The molecule has 0 fully saturated rings. The van der Waals surface area contributed by atoms with Crippen LogP contribution in [-0.4, -0.2) is 41.9 Å². The van der Waals surface area contributed by atoms with E-state index in [0.717, 1.165) is 19.1 Å². The van der Waals surface area contributed by atoms with Crippen molar-refractivity contribution in [3.8, 4) is 0 Å². The predicted octanol–water partition coefficient (Wildman–Crippen LogP) is 0.926. The third kappa shape index (κ3) is 7.93. The first-order valence-corrected chi connectivity index (χ1v) is 8.16. The maximum absolute atomic E-state index is 5.85. The van der Waals surface area contributed by atoms with Crippen LogP contribution >= 0.6 is 0 Å². The van der Waals surface area contributed by atoms with Gasteiger partial charge in [-0.25, -0.2) is 0 Å². The maximum Gasteiger partial charge on any atom is 0.334 e. The molecule has 0 spiro atoms. The Kier molecular flexibility index (Phi) is 8.27. The van der Waals surface area contributed by atoms with Crippen molar-refractivity contribution < 1.29 is 8.85 Å². The first-order valence-electron chi connectivity index (χ1n) is 5.64. The zero-order valence-electron chi connectivity index (χ0n) is 10.5. The number of rotatable bonds is 9. The topological polar surface area (TPSA) is 56.5 Å².